The normalized spacial score (nSPS) is 11.3. The molecule has 1 N–H and O–H groups in total. The van der Waals surface area contributed by atoms with Crippen LogP contribution in [0, 0.1) is 6.92 Å². The van der Waals surface area contributed by atoms with Gasteiger partial charge in [-0.05, 0) is 32.0 Å². The van der Waals surface area contributed by atoms with E-state index in [0.29, 0.717) is 17.0 Å². The summed E-state index contributed by atoms with van der Waals surface area (Å²) in [4.78, 5) is 15.9. The zero-order valence-electron chi connectivity index (χ0n) is 10.2. The van der Waals surface area contributed by atoms with E-state index in [1.54, 1.807) is 26.1 Å². The number of hydrogen-bond acceptors (Lipinski definition) is 4. The molecule has 0 saturated heterocycles. The number of nitrogens with zero attached hydrogens (tertiary/aromatic N) is 2. The Morgan fingerprint density at radius 2 is 2.22 bits per heavy atom. The van der Waals surface area contributed by atoms with Crippen LogP contribution in [0.25, 0.3) is 0 Å². The van der Waals surface area contributed by atoms with Crippen molar-refractivity contribution in [2.24, 2.45) is 5.10 Å². The minimum Gasteiger partial charge on any atom is -0.469 e. The van der Waals surface area contributed by atoms with Gasteiger partial charge in [0.1, 0.15) is 5.76 Å². The van der Waals surface area contributed by atoms with Crippen molar-refractivity contribution in [3.05, 3.63) is 53.7 Å². The summed E-state index contributed by atoms with van der Waals surface area (Å²) in [6.07, 6.45) is 3.15. The minimum absolute atomic E-state index is 0.295. The average molecular weight is 243 g/mol. The predicted octanol–water partition coefficient (Wildman–Crippen LogP) is 2.14. The second-order valence-corrected chi connectivity index (χ2v) is 3.74. The molecule has 18 heavy (non-hydrogen) atoms. The maximum atomic E-state index is 11.8. The molecule has 0 aliphatic heterocycles. The van der Waals surface area contributed by atoms with E-state index in [-0.39, 0.29) is 5.91 Å². The van der Waals surface area contributed by atoms with Crippen molar-refractivity contribution in [1.29, 1.82) is 0 Å². The number of nitrogens with one attached hydrogen (secondary N) is 1. The number of aromatic nitrogens is 1. The van der Waals surface area contributed by atoms with Gasteiger partial charge in [0.15, 0.2) is 0 Å². The molecule has 0 atom stereocenters. The number of aryl methyl sites for hydroxylation is 1. The second kappa shape index (κ2) is 5.27. The van der Waals surface area contributed by atoms with Crippen molar-refractivity contribution in [1.82, 2.24) is 10.4 Å². The van der Waals surface area contributed by atoms with Crippen LogP contribution >= 0.6 is 0 Å². The van der Waals surface area contributed by atoms with Crippen LogP contribution in [0.5, 0.6) is 0 Å². The van der Waals surface area contributed by atoms with E-state index in [1.165, 1.54) is 6.26 Å². The Balaban J connectivity index is 2.08. The number of hydrazone groups is 1. The topological polar surface area (TPSA) is 67.5 Å². The van der Waals surface area contributed by atoms with Crippen LogP contribution in [0.4, 0.5) is 0 Å². The zero-order valence-corrected chi connectivity index (χ0v) is 10.2. The lowest BCUT2D eigenvalue weighted by molar-refractivity contribution is 0.0953. The summed E-state index contributed by atoms with van der Waals surface area (Å²) in [5.74, 6) is 0.273. The Morgan fingerprint density at radius 1 is 1.39 bits per heavy atom. The third kappa shape index (κ3) is 2.63. The van der Waals surface area contributed by atoms with Gasteiger partial charge in [-0.25, -0.2) is 5.43 Å². The molecule has 2 aromatic rings. The summed E-state index contributed by atoms with van der Waals surface area (Å²) in [5.41, 5.74) is 4.32. The molecular formula is C13H13N3O2. The number of furan rings is 1. The third-order valence-corrected chi connectivity index (χ3v) is 2.46. The van der Waals surface area contributed by atoms with Gasteiger partial charge in [0.2, 0.25) is 0 Å². The summed E-state index contributed by atoms with van der Waals surface area (Å²) in [6, 6.07) is 7.12. The van der Waals surface area contributed by atoms with Crippen molar-refractivity contribution in [2.75, 3.05) is 0 Å². The Hall–Kier alpha value is -2.43. The first-order valence-electron chi connectivity index (χ1n) is 5.48. The van der Waals surface area contributed by atoms with Gasteiger partial charge in [0.25, 0.3) is 5.91 Å². The largest absolute Gasteiger partial charge is 0.469 e. The van der Waals surface area contributed by atoms with Gasteiger partial charge < -0.3 is 4.42 Å². The number of pyridine rings is 1. The number of hydrogen-bond donors (Lipinski definition) is 1. The molecular weight excluding hydrogens is 230 g/mol. The van der Waals surface area contributed by atoms with E-state index in [1.807, 2.05) is 18.2 Å². The Bertz CT molecular complexity index is 573. The highest BCUT2D eigenvalue weighted by molar-refractivity contribution is 5.99. The molecule has 2 heterocycles. The fraction of sp³-hybridized carbons (Fsp3) is 0.154. The van der Waals surface area contributed by atoms with Gasteiger partial charge >= 0.3 is 0 Å². The molecule has 5 nitrogen and oxygen atoms in total. The monoisotopic (exact) mass is 243 g/mol. The van der Waals surface area contributed by atoms with Gasteiger partial charge in [-0.1, -0.05) is 6.07 Å². The fourth-order valence-corrected chi connectivity index (χ4v) is 1.45. The number of carbonyl (C=O) groups excluding carboxylic acids is 1. The zero-order chi connectivity index (χ0) is 13.0. The van der Waals surface area contributed by atoms with Gasteiger partial charge in [0, 0.05) is 6.20 Å². The molecule has 5 heteroatoms. The van der Waals surface area contributed by atoms with Crippen LogP contribution in [-0.4, -0.2) is 16.6 Å². The van der Waals surface area contributed by atoms with E-state index >= 15 is 0 Å². The lowest BCUT2D eigenvalue weighted by atomic mass is 10.2. The minimum atomic E-state index is -0.295. The first-order valence-corrected chi connectivity index (χ1v) is 5.48. The van der Waals surface area contributed by atoms with Crippen molar-refractivity contribution >= 4 is 11.6 Å². The number of amides is 1. The molecule has 0 aliphatic rings. The maximum Gasteiger partial charge on any atom is 0.274 e. The molecule has 0 aromatic carbocycles. The lowest BCUT2D eigenvalue weighted by Gasteiger charge is -2.01. The van der Waals surface area contributed by atoms with Crippen LogP contribution in [-0.2, 0) is 0 Å². The number of carbonyl (C=O) groups is 1. The van der Waals surface area contributed by atoms with Gasteiger partial charge in [-0.15, -0.1) is 0 Å². The molecule has 0 unspecified atom stereocenters. The highest BCUT2D eigenvalue weighted by Gasteiger charge is 2.10. The fourth-order valence-electron chi connectivity index (χ4n) is 1.45. The Morgan fingerprint density at radius 3 is 2.83 bits per heavy atom. The van der Waals surface area contributed by atoms with Crippen LogP contribution < -0.4 is 5.43 Å². The van der Waals surface area contributed by atoms with Crippen LogP contribution in [0.3, 0.4) is 0 Å². The highest BCUT2D eigenvalue weighted by atomic mass is 16.3. The van der Waals surface area contributed by atoms with E-state index in [9.17, 15) is 4.79 Å². The van der Waals surface area contributed by atoms with Gasteiger partial charge in [-0.2, -0.15) is 5.10 Å². The lowest BCUT2D eigenvalue weighted by Crippen LogP contribution is -2.19. The standard InChI is InChI=1S/C13H13N3O2/c1-9(12-5-3-4-7-14-12)15-16-13(17)11-6-8-18-10(11)2/h3-8H,1-2H3,(H,16,17). The maximum absolute atomic E-state index is 11.8. The molecule has 2 rings (SSSR count). The molecule has 92 valence electrons. The van der Waals surface area contributed by atoms with Gasteiger partial charge in [0.05, 0.1) is 23.2 Å². The molecule has 0 aliphatic carbocycles. The second-order valence-electron chi connectivity index (χ2n) is 3.74. The molecule has 0 radical (unpaired) electrons. The predicted molar refractivity (Wildman–Crippen MR) is 67.4 cm³/mol. The van der Waals surface area contributed by atoms with Crippen molar-refractivity contribution in [2.45, 2.75) is 13.8 Å². The highest BCUT2D eigenvalue weighted by Crippen LogP contribution is 2.08. The Labute approximate surface area is 105 Å². The summed E-state index contributed by atoms with van der Waals surface area (Å²) >= 11 is 0. The molecule has 0 fully saturated rings. The third-order valence-electron chi connectivity index (χ3n) is 2.46. The molecule has 0 saturated carbocycles. The van der Waals surface area contributed by atoms with Crippen LogP contribution in [0.15, 0.2) is 46.2 Å². The summed E-state index contributed by atoms with van der Waals surface area (Å²) in [6.45, 7) is 3.51. The van der Waals surface area contributed by atoms with E-state index in [2.05, 4.69) is 15.5 Å². The Kier molecular flexibility index (Phi) is 3.52. The van der Waals surface area contributed by atoms with Crippen molar-refractivity contribution in [3.63, 3.8) is 0 Å². The average Bonchev–Trinajstić information content (AvgIpc) is 2.83. The van der Waals surface area contributed by atoms with E-state index < -0.39 is 0 Å². The van der Waals surface area contributed by atoms with Crippen LogP contribution in [0.2, 0.25) is 0 Å². The van der Waals surface area contributed by atoms with E-state index in [4.69, 9.17) is 4.42 Å². The molecule has 0 spiro atoms. The molecule has 2 aromatic heterocycles. The summed E-state index contributed by atoms with van der Waals surface area (Å²) in [5, 5.41) is 4.00. The quantitative estimate of drug-likeness (QED) is 0.663. The molecule has 1 amide bonds. The first kappa shape index (κ1) is 12.0. The van der Waals surface area contributed by atoms with Crippen molar-refractivity contribution < 1.29 is 9.21 Å². The summed E-state index contributed by atoms with van der Waals surface area (Å²) < 4.78 is 5.06. The first-order chi connectivity index (χ1) is 8.68. The van der Waals surface area contributed by atoms with Crippen molar-refractivity contribution in [3.8, 4) is 0 Å². The van der Waals surface area contributed by atoms with Gasteiger partial charge in [-0.3, -0.25) is 9.78 Å². The summed E-state index contributed by atoms with van der Waals surface area (Å²) in [7, 11) is 0. The number of rotatable bonds is 3. The molecule has 0 bridgehead atoms. The smallest absolute Gasteiger partial charge is 0.274 e. The van der Waals surface area contributed by atoms with E-state index in [0.717, 1.165) is 5.69 Å². The van der Waals surface area contributed by atoms with Crippen LogP contribution in [0.1, 0.15) is 28.7 Å². The SMILES string of the molecule is CC(=NNC(=O)c1ccoc1C)c1ccccn1.